The molecule has 1 aromatic heterocycles. The number of Topliss-reactive ketones (excluding diaryl/α,β-unsaturated/α-hetero) is 1. The van der Waals surface area contributed by atoms with Gasteiger partial charge in [-0.05, 0) is 132 Å². The van der Waals surface area contributed by atoms with Gasteiger partial charge in [0.2, 0.25) is 5.75 Å². The molecule has 1 saturated carbocycles. The number of aliphatic hydroxyl groups excluding tert-OH is 1. The zero-order valence-electron chi connectivity index (χ0n) is 30.0. The minimum absolute atomic E-state index is 0.0328. The first-order chi connectivity index (χ1) is 25.6. The number of hydrogen-bond acceptors (Lipinski definition) is 10. The largest absolute Gasteiger partial charge is 0.508 e. The first-order valence-electron chi connectivity index (χ1n) is 18.2. The molecule has 2 aliphatic rings. The molecule has 276 valence electrons. The topological polar surface area (TPSA) is 162 Å². The molecule has 3 atom stereocenters. The lowest BCUT2D eigenvalue weighted by Gasteiger charge is -2.41. The monoisotopic (exact) mass is 718 g/mol. The van der Waals surface area contributed by atoms with Gasteiger partial charge in [0, 0.05) is 23.7 Å². The van der Waals surface area contributed by atoms with Gasteiger partial charge in [-0.15, -0.1) is 0 Å². The first-order valence-corrected chi connectivity index (χ1v) is 18.2. The van der Waals surface area contributed by atoms with Crippen LogP contribution in [0, 0.1) is 5.92 Å². The predicted molar refractivity (Wildman–Crippen MR) is 203 cm³/mol. The molecule has 1 aliphatic carbocycles. The van der Waals surface area contributed by atoms with Gasteiger partial charge < -0.3 is 40.3 Å². The van der Waals surface area contributed by atoms with Crippen molar-refractivity contribution in [2.45, 2.75) is 75.2 Å². The number of carbonyl (C=O) groups excluding carboxylic acids is 1. The number of fused-ring (bicyclic) bond motifs is 6. The molecule has 10 nitrogen and oxygen atoms in total. The van der Waals surface area contributed by atoms with Crippen molar-refractivity contribution < 1.29 is 39.8 Å². The van der Waals surface area contributed by atoms with Crippen molar-refractivity contribution in [1.82, 2.24) is 4.98 Å². The number of ketones is 1. The van der Waals surface area contributed by atoms with Crippen LogP contribution in [0.1, 0.15) is 73.1 Å². The molecule has 5 aromatic rings. The Hall–Kier alpha value is -5.48. The summed E-state index contributed by atoms with van der Waals surface area (Å²) in [7, 11) is 2.91. The lowest BCUT2D eigenvalue weighted by Crippen LogP contribution is -2.45. The van der Waals surface area contributed by atoms with Crippen LogP contribution in [0.15, 0.2) is 79.0 Å². The van der Waals surface area contributed by atoms with E-state index in [9.17, 15) is 25.5 Å². The number of phenolic OH excluding ortho intramolecular Hbond substituents is 4. The quantitative estimate of drug-likeness (QED) is 0.0912. The van der Waals surface area contributed by atoms with Crippen LogP contribution < -0.4 is 14.8 Å². The van der Waals surface area contributed by atoms with Crippen LogP contribution in [0.4, 0.5) is 11.5 Å². The molecule has 1 aliphatic heterocycles. The van der Waals surface area contributed by atoms with E-state index in [2.05, 4.69) is 5.32 Å². The van der Waals surface area contributed by atoms with E-state index in [1.165, 1.54) is 20.3 Å². The lowest BCUT2D eigenvalue weighted by molar-refractivity contribution is -0.130. The van der Waals surface area contributed by atoms with Crippen molar-refractivity contribution in [1.29, 1.82) is 0 Å². The fraction of sp³-hybridized carbons (Fsp3) is 0.349. The average Bonchev–Trinajstić information content (AvgIpc) is 3.65. The van der Waals surface area contributed by atoms with Gasteiger partial charge in [-0.25, -0.2) is 4.98 Å². The minimum atomic E-state index is -0.993. The van der Waals surface area contributed by atoms with Gasteiger partial charge in [0.25, 0.3) is 0 Å². The standard InChI is InChI=1S/C43H46N2O8/c1-52-38-19-25(5-13-34(38)47)6-14-35(48)41-36(49)21-26(28-22-37(50)42(51)39(23-28)53-2)7-10-32-31-11-9-30(46)20-27(31)8-12-33(32)45-40-24-29(15-18-44-40)43(41)16-3-4-17-43/h5,8-9,11-13,15,18-20,22-24,26,35,41,46-48,50-51H,3-4,6-7,10,14,16-17,21H2,1-2H3,(H,44,45)/t26-,35-,41-/m1/s1. The van der Waals surface area contributed by atoms with Gasteiger partial charge in [-0.3, -0.25) is 4.79 Å². The highest BCUT2D eigenvalue weighted by atomic mass is 16.5. The summed E-state index contributed by atoms with van der Waals surface area (Å²) in [5.74, 6) is -0.672. The third-order valence-corrected chi connectivity index (χ3v) is 11.5. The van der Waals surface area contributed by atoms with Crippen molar-refractivity contribution in [2.75, 3.05) is 19.5 Å². The smallest absolute Gasteiger partial charge is 0.200 e. The summed E-state index contributed by atoms with van der Waals surface area (Å²) in [6.07, 6.45) is 5.89. The average molecular weight is 719 g/mol. The van der Waals surface area contributed by atoms with Crippen molar-refractivity contribution >= 4 is 28.1 Å². The number of carbonyl (C=O) groups is 1. The molecular weight excluding hydrogens is 672 g/mol. The molecule has 10 heteroatoms. The number of aryl methyl sites for hydroxylation is 2. The Labute approximate surface area is 308 Å². The van der Waals surface area contributed by atoms with E-state index in [4.69, 9.17) is 14.5 Å². The number of anilines is 2. The molecule has 2 bridgehead atoms. The maximum Gasteiger partial charge on any atom is 0.200 e. The van der Waals surface area contributed by atoms with Crippen molar-refractivity contribution in [3.63, 3.8) is 0 Å². The number of benzene rings is 4. The zero-order chi connectivity index (χ0) is 37.3. The molecule has 7 rings (SSSR count). The van der Waals surface area contributed by atoms with Crippen molar-refractivity contribution in [3.8, 4) is 34.5 Å². The predicted octanol–water partition coefficient (Wildman–Crippen LogP) is 7.93. The number of aliphatic hydroxyl groups is 1. The first kappa shape index (κ1) is 35.9. The second-order valence-electron chi connectivity index (χ2n) is 14.5. The van der Waals surface area contributed by atoms with Crippen LogP contribution >= 0.6 is 0 Å². The summed E-state index contributed by atoms with van der Waals surface area (Å²) in [6.45, 7) is 0. The van der Waals surface area contributed by atoms with Crippen LogP contribution in [0.25, 0.3) is 10.8 Å². The Bertz CT molecular complexity index is 2140. The number of pyridine rings is 1. The molecule has 6 N–H and O–H groups in total. The second-order valence-corrected chi connectivity index (χ2v) is 14.5. The zero-order valence-corrected chi connectivity index (χ0v) is 30.0. The molecule has 0 amide bonds. The summed E-state index contributed by atoms with van der Waals surface area (Å²) in [5, 5.41) is 59.4. The van der Waals surface area contributed by atoms with E-state index in [0.29, 0.717) is 42.8 Å². The number of nitrogens with zero attached hydrogens (tertiary/aromatic N) is 1. The fourth-order valence-corrected chi connectivity index (χ4v) is 8.83. The summed E-state index contributed by atoms with van der Waals surface area (Å²) < 4.78 is 10.7. The Kier molecular flexibility index (Phi) is 10.1. The maximum atomic E-state index is 15.1. The van der Waals surface area contributed by atoms with E-state index < -0.39 is 23.4 Å². The number of nitrogens with one attached hydrogen (secondary N) is 1. The summed E-state index contributed by atoms with van der Waals surface area (Å²) in [4.78, 5) is 19.8. The summed E-state index contributed by atoms with van der Waals surface area (Å²) in [6, 6.07) is 21.5. The highest BCUT2D eigenvalue weighted by molar-refractivity contribution is 5.92. The number of phenols is 4. The number of methoxy groups -OCH3 is 2. The van der Waals surface area contributed by atoms with Gasteiger partial charge in [0.1, 0.15) is 17.4 Å². The molecule has 0 unspecified atom stereocenters. The Morgan fingerprint density at radius 3 is 2.45 bits per heavy atom. The van der Waals surface area contributed by atoms with Crippen molar-refractivity contribution in [2.24, 2.45) is 5.92 Å². The van der Waals surface area contributed by atoms with Gasteiger partial charge in [0.05, 0.1) is 26.2 Å². The van der Waals surface area contributed by atoms with Crippen LogP contribution in [0.3, 0.4) is 0 Å². The van der Waals surface area contributed by atoms with E-state index >= 15 is 4.79 Å². The number of hydrogen-bond donors (Lipinski definition) is 6. The Morgan fingerprint density at radius 2 is 1.68 bits per heavy atom. The van der Waals surface area contributed by atoms with Gasteiger partial charge >= 0.3 is 0 Å². The third-order valence-electron chi connectivity index (χ3n) is 11.5. The van der Waals surface area contributed by atoms with Crippen LogP contribution in [0.5, 0.6) is 34.5 Å². The molecule has 1 spiro atoms. The number of ether oxygens (including phenoxy) is 2. The summed E-state index contributed by atoms with van der Waals surface area (Å²) >= 11 is 0. The van der Waals surface area contributed by atoms with E-state index in [0.717, 1.165) is 58.8 Å². The highest BCUT2D eigenvalue weighted by Gasteiger charge is 2.49. The molecule has 4 aromatic carbocycles. The molecular formula is C43H46N2O8. The van der Waals surface area contributed by atoms with Gasteiger partial charge in [0.15, 0.2) is 23.0 Å². The fourth-order valence-electron chi connectivity index (χ4n) is 8.83. The van der Waals surface area contributed by atoms with Crippen LogP contribution in [-0.2, 0) is 23.1 Å². The van der Waals surface area contributed by atoms with Gasteiger partial charge in [-0.2, -0.15) is 0 Å². The van der Waals surface area contributed by atoms with E-state index in [1.807, 2.05) is 30.3 Å². The van der Waals surface area contributed by atoms with Crippen molar-refractivity contribution in [3.05, 3.63) is 101 Å². The minimum Gasteiger partial charge on any atom is -0.508 e. The normalized spacial score (nSPS) is 19.0. The number of rotatable bonds is 7. The third kappa shape index (κ3) is 7.03. The van der Waals surface area contributed by atoms with Crippen LogP contribution in [-0.4, -0.2) is 56.6 Å². The van der Waals surface area contributed by atoms with E-state index in [-0.39, 0.29) is 41.0 Å². The second kappa shape index (κ2) is 14.9. The number of aromatic nitrogens is 1. The maximum absolute atomic E-state index is 15.1. The van der Waals surface area contributed by atoms with Gasteiger partial charge in [-0.1, -0.05) is 31.0 Å². The lowest BCUT2D eigenvalue weighted by atomic mass is 9.63. The number of aromatic hydroxyl groups is 4. The molecule has 1 fully saturated rings. The Morgan fingerprint density at radius 1 is 0.887 bits per heavy atom. The molecule has 0 radical (unpaired) electrons. The summed E-state index contributed by atoms with van der Waals surface area (Å²) in [5.41, 5.74) is 3.64. The highest BCUT2D eigenvalue weighted by Crippen LogP contribution is 2.51. The van der Waals surface area contributed by atoms with Crippen LogP contribution in [0.2, 0.25) is 0 Å². The molecule has 2 heterocycles. The SMILES string of the molecule is COc1cc(CC[C@@H](O)[C@@H]2C(=O)C[C@H](c3cc(O)c(O)c(OC)c3)CCc3c(ccc4cc(O)ccc34)Nc3cc(ccn3)C23CCCC3)ccc1O. The Balaban J connectivity index is 1.36. The molecule has 53 heavy (non-hydrogen) atoms. The van der Waals surface area contributed by atoms with E-state index in [1.54, 1.807) is 42.6 Å². The molecule has 0 saturated heterocycles.